The molecule has 74 valence electrons. The topological polar surface area (TPSA) is 0 Å². The van der Waals surface area contributed by atoms with Crippen molar-refractivity contribution in [1.82, 2.24) is 0 Å². The molecule has 1 aliphatic carbocycles. The molecule has 1 aromatic carbocycles. The van der Waals surface area contributed by atoms with Crippen LogP contribution in [-0.4, -0.2) is 0 Å². The van der Waals surface area contributed by atoms with Crippen LogP contribution in [0.2, 0.25) is 0 Å². The van der Waals surface area contributed by atoms with E-state index in [0.717, 1.165) is 5.92 Å². The first-order valence-electron chi connectivity index (χ1n) is 5.37. The Bertz CT molecular complexity index is 344. The molecule has 0 bridgehead atoms. The molecular weight excluding hydrogens is 168 g/mol. The summed E-state index contributed by atoms with van der Waals surface area (Å²) < 4.78 is 0. The fraction of sp³-hybridized carbons (Fsp3) is 0.429. The molecule has 1 aliphatic rings. The summed E-state index contributed by atoms with van der Waals surface area (Å²) in [7, 11) is 0. The monoisotopic (exact) mass is 186 g/mol. The van der Waals surface area contributed by atoms with E-state index in [0.29, 0.717) is 5.41 Å². The zero-order chi connectivity index (χ0) is 10.2. The van der Waals surface area contributed by atoms with Crippen molar-refractivity contribution < 1.29 is 0 Å². The standard InChI is InChI=1S/C14H18/c1-11-9-13(14(11,2)3)10-12-7-5-4-6-8-12/h4-8,10-11H,9H2,1-3H3. The summed E-state index contributed by atoms with van der Waals surface area (Å²) in [5.74, 6) is 0.831. The van der Waals surface area contributed by atoms with Gasteiger partial charge in [0, 0.05) is 0 Å². The van der Waals surface area contributed by atoms with Gasteiger partial charge in [-0.15, -0.1) is 0 Å². The van der Waals surface area contributed by atoms with Crippen LogP contribution in [0.15, 0.2) is 35.9 Å². The van der Waals surface area contributed by atoms with E-state index in [2.05, 4.69) is 57.2 Å². The van der Waals surface area contributed by atoms with Crippen LogP contribution < -0.4 is 0 Å². The lowest BCUT2D eigenvalue weighted by molar-refractivity contribution is 0.190. The Morgan fingerprint density at radius 3 is 2.36 bits per heavy atom. The van der Waals surface area contributed by atoms with Gasteiger partial charge in [0.1, 0.15) is 0 Å². The van der Waals surface area contributed by atoms with Crippen LogP contribution in [0.5, 0.6) is 0 Å². The van der Waals surface area contributed by atoms with Crippen LogP contribution in [0.1, 0.15) is 32.8 Å². The molecule has 0 aromatic heterocycles. The van der Waals surface area contributed by atoms with Crippen molar-refractivity contribution in [3.8, 4) is 0 Å². The van der Waals surface area contributed by atoms with Crippen molar-refractivity contribution >= 4 is 6.08 Å². The molecule has 0 heteroatoms. The molecule has 14 heavy (non-hydrogen) atoms. The van der Waals surface area contributed by atoms with Gasteiger partial charge in [-0.3, -0.25) is 0 Å². The SMILES string of the molecule is CC1CC(=Cc2ccccc2)C1(C)C. The zero-order valence-electron chi connectivity index (χ0n) is 9.25. The molecule has 1 atom stereocenters. The maximum atomic E-state index is 2.35. The van der Waals surface area contributed by atoms with Crippen molar-refractivity contribution in [2.75, 3.05) is 0 Å². The third-order valence-corrected chi connectivity index (χ3v) is 3.73. The van der Waals surface area contributed by atoms with Crippen molar-refractivity contribution in [2.45, 2.75) is 27.2 Å². The predicted octanol–water partition coefficient (Wildman–Crippen LogP) is 4.14. The van der Waals surface area contributed by atoms with E-state index in [1.807, 2.05) is 0 Å². The molecule has 0 amide bonds. The Labute approximate surface area is 86.7 Å². The van der Waals surface area contributed by atoms with Gasteiger partial charge in [-0.25, -0.2) is 0 Å². The third kappa shape index (κ3) is 1.50. The van der Waals surface area contributed by atoms with E-state index in [1.54, 1.807) is 5.57 Å². The Kier molecular flexibility index (Phi) is 2.22. The summed E-state index contributed by atoms with van der Waals surface area (Å²) in [4.78, 5) is 0. The molecule has 0 radical (unpaired) electrons. The molecule has 0 saturated heterocycles. The van der Waals surface area contributed by atoms with E-state index >= 15 is 0 Å². The number of hydrogen-bond acceptors (Lipinski definition) is 0. The molecule has 1 fully saturated rings. The van der Waals surface area contributed by atoms with Gasteiger partial charge in [-0.2, -0.15) is 0 Å². The largest absolute Gasteiger partial charge is 0.0634 e. The van der Waals surface area contributed by atoms with E-state index in [1.165, 1.54) is 12.0 Å². The molecule has 0 aliphatic heterocycles. The van der Waals surface area contributed by atoms with Gasteiger partial charge in [-0.05, 0) is 23.3 Å². The second-order valence-corrected chi connectivity index (χ2v) is 4.91. The number of allylic oxidation sites excluding steroid dienone is 1. The molecule has 1 saturated carbocycles. The third-order valence-electron chi connectivity index (χ3n) is 3.73. The first-order valence-corrected chi connectivity index (χ1v) is 5.37. The van der Waals surface area contributed by atoms with Gasteiger partial charge < -0.3 is 0 Å². The molecule has 2 rings (SSSR count). The van der Waals surface area contributed by atoms with Gasteiger partial charge in [0.15, 0.2) is 0 Å². The summed E-state index contributed by atoms with van der Waals surface area (Å²) in [5.41, 5.74) is 3.34. The van der Waals surface area contributed by atoms with Crippen LogP contribution >= 0.6 is 0 Å². The Morgan fingerprint density at radius 1 is 1.21 bits per heavy atom. The minimum atomic E-state index is 0.413. The molecule has 0 heterocycles. The first-order chi connectivity index (χ1) is 6.60. The lowest BCUT2D eigenvalue weighted by Crippen LogP contribution is -2.35. The molecule has 0 N–H and O–H groups in total. The van der Waals surface area contributed by atoms with Gasteiger partial charge in [0.2, 0.25) is 0 Å². The molecule has 0 spiro atoms. The molecule has 0 nitrogen and oxygen atoms in total. The minimum absolute atomic E-state index is 0.413. The summed E-state index contributed by atoms with van der Waals surface area (Å²) in [6, 6.07) is 10.6. The fourth-order valence-corrected chi connectivity index (χ4v) is 2.03. The summed E-state index contributed by atoms with van der Waals surface area (Å²) >= 11 is 0. The first kappa shape index (κ1) is 9.51. The maximum Gasteiger partial charge on any atom is -0.0113 e. The molecule has 1 aromatic rings. The average Bonchev–Trinajstić information content (AvgIpc) is 2.19. The predicted molar refractivity (Wildman–Crippen MR) is 62.0 cm³/mol. The van der Waals surface area contributed by atoms with Crippen LogP contribution in [0.25, 0.3) is 6.08 Å². The van der Waals surface area contributed by atoms with Crippen molar-refractivity contribution in [1.29, 1.82) is 0 Å². The highest BCUT2D eigenvalue weighted by atomic mass is 14.4. The molecular formula is C14H18. The second kappa shape index (κ2) is 3.27. The second-order valence-electron chi connectivity index (χ2n) is 4.91. The average molecular weight is 186 g/mol. The summed E-state index contributed by atoms with van der Waals surface area (Å²) in [6.45, 7) is 7.02. The van der Waals surface area contributed by atoms with Gasteiger partial charge in [0.25, 0.3) is 0 Å². The Hall–Kier alpha value is -1.04. The van der Waals surface area contributed by atoms with Gasteiger partial charge >= 0.3 is 0 Å². The summed E-state index contributed by atoms with van der Waals surface area (Å²) in [6.07, 6.45) is 3.61. The Morgan fingerprint density at radius 2 is 1.86 bits per heavy atom. The quantitative estimate of drug-likeness (QED) is 0.618. The van der Waals surface area contributed by atoms with Crippen molar-refractivity contribution in [3.63, 3.8) is 0 Å². The smallest absolute Gasteiger partial charge is 0.0113 e. The van der Waals surface area contributed by atoms with Crippen molar-refractivity contribution in [2.24, 2.45) is 11.3 Å². The normalized spacial score (nSPS) is 27.4. The van der Waals surface area contributed by atoms with Crippen LogP contribution in [0, 0.1) is 11.3 Å². The highest BCUT2D eigenvalue weighted by Crippen LogP contribution is 2.51. The highest BCUT2D eigenvalue weighted by molar-refractivity contribution is 5.56. The maximum absolute atomic E-state index is 2.35. The van der Waals surface area contributed by atoms with E-state index in [4.69, 9.17) is 0 Å². The van der Waals surface area contributed by atoms with E-state index < -0.39 is 0 Å². The fourth-order valence-electron chi connectivity index (χ4n) is 2.03. The lowest BCUT2D eigenvalue weighted by atomic mass is 9.59. The van der Waals surface area contributed by atoms with Crippen LogP contribution in [0.4, 0.5) is 0 Å². The zero-order valence-corrected chi connectivity index (χ0v) is 9.25. The lowest BCUT2D eigenvalue weighted by Gasteiger charge is -2.46. The number of hydrogen-bond donors (Lipinski definition) is 0. The highest BCUT2D eigenvalue weighted by Gasteiger charge is 2.39. The van der Waals surface area contributed by atoms with Gasteiger partial charge in [0.05, 0.1) is 0 Å². The van der Waals surface area contributed by atoms with E-state index in [-0.39, 0.29) is 0 Å². The van der Waals surface area contributed by atoms with Crippen LogP contribution in [-0.2, 0) is 0 Å². The van der Waals surface area contributed by atoms with Gasteiger partial charge in [-0.1, -0.05) is 62.8 Å². The summed E-state index contributed by atoms with van der Waals surface area (Å²) in [5, 5.41) is 0. The molecule has 1 unspecified atom stereocenters. The Balaban J connectivity index is 2.22. The minimum Gasteiger partial charge on any atom is -0.0634 e. The van der Waals surface area contributed by atoms with Crippen molar-refractivity contribution in [3.05, 3.63) is 41.5 Å². The van der Waals surface area contributed by atoms with Crippen LogP contribution in [0.3, 0.4) is 0 Å². The number of benzene rings is 1. The van der Waals surface area contributed by atoms with E-state index in [9.17, 15) is 0 Å². The number of rotatable bonds is 1.